The van der Waals surface area contributed by atoms with Gasteiger partial charge in [0.15, 0.2) is 5.78 Å². The summed E-state index contributed by atoms with van der Waals surface area (Å²) >= 11 is 0. The van der Waals surface area contributed by atoms with Crippen LogP contribution in [0.5, 0.6) is 5.75 Å². The minimum absolute atomic E-state index is 0.00336. The number of carbonyl (C=O) groups is 2. The number of ketones is 1. The molecule has 0 saturated heterocycles. The summed E-state index contributed by atoms with van der Waals surface area (Å²) in [6.45, 7) is 2.69. The van der Waals surface area contributed by atoms with Crippen molar-refractivity contribution in [2.24, 2.45) is 0 Å². The van der Waals surface area contributed by atoms with Crippen molar-refractivity contribution in [3.8, 4) is 5.75 Å². The number of fused-ring (bicyclic) bond motifs is 1. The Morgan fingerprint density at radius 2 is 1.84 bits per heavy atom. The van der Waals surface area contributed by atoms with Gasteiger partial charge in [-0.1, -0.05) is 54.6 Å². The third-order valence-electron chi connectivity index (χ3n) is 5.40. The minimum Gasteiger partial charge on any atom is -0.489 e. The molecule has 1 heterocycles. The first-order chi connectivity index (χ1) is 15.1. The molecule has 31 heavy (non-hydrogen) atoms. The van der Waals surface area contributed by atoms with E-state index in [-0.39, 0.29) is 11.7 Å². The van der Waals surface area contributed by atoms with Crippen LogP contribution in [0.2, 0.25) is 0 Å². The first-order valence-electron chi connectivity index (χ1n) is 10.5. The molecule has 0 aliphatic carbocycles. The number of rotatable bonds is 6. The number of anilines is 1. The second kappa shape index (κ2) is 9.43. The first-order valence-corrected chi connectivity index (χ1v) is 10.5. The Balaban J connectivity index is 1.46. The molecule has 1 amide bonds. The number of benzene rings is 3. The van der Waals surface area contributed by atoms with E-state index in [1.54, 1.807) is 24.0 Å². The van der Waals surface area contributed by atoms with Gasteiger partial charge in [0, 0.05) is 23.9 Å². The molecular weight excluding hydrogens is 386 g/mol. The Hall–Kier alpha value is -3.66. The maximum atomic E-state index is 12.9. The van der Waals surface area contributed by atoms with Gasteiger partial charge < -0.3 is 9.64 Å². The Morgan fingerprint density at radius 1 is 1.00 bits per heavy atom. The van der Waals surface area contributed by atoms with E-state index in [1.807, 2.05) is 72.8 Å². The van der Waals surface area contributed by atoms with E-state index in [2.05, 4.69) is 0 Å². The summed E-state index contributed by atoms with van der Waals surface area (Å²) in [6, 6.07) is 23.3. The second-order valence-electron chi connectivity index (χ2n) is 7.67. The molecule has 0 radical (unpaired) electrons. The normalized spacial score (nSPS) is 13.1. The van der Waals surface area contributed by atoms with Gasteiger partial charge in [0.2, 0.25) is 0 Å². The second-order valence-corrected chi connectivity index (χ2v) is 7.67. The fourth-order valence-corrected chi connectivity index (χ4v) is 3.73. The van der Waals surface area contributed by atoms with Crippen LogP contribution in [0.25, 0.3) is 6.08 Å². The SMILES string of the molecule is CC(=O)c1ccc2c(c1)N(C(=O)/C=C/c1cccc(OCc3ccccc3)c1)CCC2. The molecule has 0 bridgehead atoms. The van der Waals surface area contributed by atoms with Crippen LogP contribution in [0.1, 0.15) is 40.4 Å². The Morgan fingerprint density at radius 3 is 2.65 bits per heavy atom. The zero-order chi connectivity index (χ0) is 21.6. The van der Waals surface area contributed by atoms with E-state index >= 15 is 0 Å². The minimum atomic E-state index is -0.0859. The molecule has 3 aromatic carbocycles. The lowest BCUT2D eigenvalue weighted by molar-refractivity contribution is -0.114. The molecule has 0 spiro atoms. The number of carbonyl (C=O) groups excluding carboxylic acids is 2. The number of hydrogen-bond donors (Lipinski definition) is 0. The van der Waals surface area contributed by atoms with Crippen LogP contribution in [0, 0.1) is 0 Å². The van der Waals surface area contributed by atoms with Gasteiger partial charge in [0.1, 0.15) is 12.4 Å². The zero-order valence-electron chi connectivity index (χ0n) is 17.6. The highest BCUT2D eigenvalue weighted by atomic mass is 16.5. The van der Waals surface area contributed by atoms with Gasteiger partial charge in [-0.2, -0.15) is 0 Å². The van der Waals surface area contributed by atoms with Crippen molar-refractivity contribution in [3.05, 3.63) is 101 Å². The predicted octanol–water partition coefficient (Wildman–Crippen LogP) is 5.46. The molecule has 3 aromatic rings. The molecule has 0 saturated carbocycles. The summed E-state index contributed by atoms with van der Waals surface area (Å²) in [5.74, 6) is 0.675. The standard InChI is InChI=1S/C27H25NO3/c1-20(29)24-14-13-23-10-6-16-28(26(23)18-24)27(30)15-12-21-9-5-11-25(17-21)31-19-22-7-3-2-4-8-22/h2-5,7-9,11-15,17-18H,6,10,16,19H2,1H3/b15-12+. The third kappa shape index (κ3) is 5.10. The molecule has 4 nitrogen and oxygen atoms in total. The van der Waals surface area contributed by atoms with Crippen LogP contribution < -0.4 is 9.64 Å². The van der Waals surface area contributed by atoms with E-state index in [0.717, 1.165) is 41.0 Å². The van der Waals surface area contributed by atoms with E-state index < -0.39 is 0 Å². The Labute approximate surface area is 182 Å². The summed E-state index contributed by atoms with van der Waals surface area (Å²) in [6.07, 6.45) is 5.23. The van der Waals surface area contributed by atoms with Crippen molar-refractivity contribution in [2.75, 3.05) is 11.4 Å². The topological polar surface area (TPSA) is 46.6 Å². The molecule has 4 heteroatoms. The molecule has 0 aromatic heterocycles. The average Bonchev–Trinajstić information content (AvgIpc) is 2.81. The van der Waals surface area contributed by atoms with Gasteiger partial charge in [-0.15, -0.1) is 0 Å². The number of nitrogens with zero attached hydrogens (tertiary/aromatic N) is 1. The quantitative estimate of drug-likeness (QED) is 0.400. The molecule has 0 fully saturated rings. The maximum Gasteiger partial charge on any atom is 0.250 e. The lowest BCUT2D eigenvalue weighted by atomic mass is 9.98. The number of amides is 1. The molecule has 0 atom stereocenters. The van der Waals surface area contributed by atoms with Crippen molar-refractivity contribution in [3.63, 3.8) is 0 Å². The fourth-order valence-electron chi connectivity index (χ4n) is 3.73. The highest BCUT2D eigenvalue weighted by molar-refractivity contribution is 6.05. The van der Waals surface area contributed by atoms with Crippen LogP contribution in [0.15, 0.2) is 78.9 Å². The number of Topliss-reactive ketones (excluding diaryl/α,β-unsaturated/α-hetero) is 1. The highest BCUT2D eigenvalue weighted by Gasteiger charge is 2.21. The molecule has 1 aliphatic heterocycles. The molecule has 4 rings (SSSR count). The van der Waals surface area contributed by atoms with Crippen LogP contribution in [-0.2, 0) is 17.8 Å². The Bertz CT molecular complexity index is 1120. The molecule has 156 valence electrons. The van der Waals surface area contributed by atoms with Crippen molar-refractivity contribution < 1.29 is 14.3 Å². The van der Waals surface area contributed by atoms with Crippen LogP contribution >= 0.6 is 0 Å². The lowest BCUT2D eigenvalue weighted by Crippen LogP contribution is -2.34. The van der Waals surface area contributed by atoms with Gasteiger partial charge in [-0.25, -0.2) is 0 Å². The number of aryl methyl sites for hydroxylation is 1. The maximum absolute atomic E-state index is 12.9. The number of ether oxygens (including phenoxy) is 1. The van der Waals surface area contributed by atoms with E-state index in [4.69, 9.17) is 4.74 Å². The zero-order valence-corrected chi connectivity index (χ0v) is 17.6. The van der Waals surface area contributed by atoms with Crippen molar-refractivity contribution in [2.45, 2.75) is 26.4 Å². The van der Waals surface area contributed by atoms with E-state index in [1.165, 1.54) is 0 Å². The summed E-state index contributed by atoms with van der Waals surface area (Å²) in [7, 11) is 0. The van der Waals surface area contributed by atoms with Crippen molar-refractivity contribution in [1.29, 1.82) is 0 Å². The first kappa shape index (κ1) is 20.6. The third-order valence-corrected chi connectivity index (χ3v) is 5.40. The summed E-state index contributed by atoms with van der Waals surface area (Å²) in [5.41, 5.74) is 4.58. The molecule has 0 N–H and O–H groups in total. The van der Waals surface area contributed by atoms with Gasteiger partial charge in [0.05, 0.1) is 0 Å². The number of hydrogen-bond acceptors (Lipinski definition) is 3. The van der Waals surface area contributed by atoms with Gasteiger partial charge in [-0.05, 0) is 60.7 Å². The Kier molecular flexibility index (Phi) is 6.27. The average molecular weight is 412 g/mol. The molecular formula is C27H25NO3. The van der Waals surface area contributed by atoms with Crippen molar-refractivity contribution in [1.82, 2.24) is 0 Å². The van der Waals surface area contributed by atoms with E-state index in [0.29, 0.717) is 18.7 Å². The summed E-state index contributed by atoms with van der Waals surface area (Å²) in [4.78, 5) is 26.5. The van der Waals surface area contributed by atoms with E-state index in [9.17, 15) is 9.59 Å². The van der Waals surface area contributed by atoms with Gasteiger partial charge >= 0.3 is 0 Å². The van der Waals surface area contributed by atoms with Crippen LogP contribution in [0.4, 0.5) is 5.69 Å². The predicted molar refractivity (Wildman–Crippen MR) is 123 cm³/mol. The lowest BCUT2D eigenvalue weighted by Gasteiger charge is -2.29. The van der Waals surface area contributed by atoms with Crippen molar-refractivity contribution >= 4 is 23.5 Å². The summed E-state index contributed by atoms with van der Waals surface area (Å²) in [5, 5.41) is 0. The van der Waals surface area contributed by atoms with Gasteiger partial charge in [0.25, 0.3) is 5.91 Å². The molecule has 1 aliphatic rings. The molecule has 0 unspecified atom stereocenters. The highest BCUT2D eigenvalue weighted by Crippen LogP contribution is 2.29. The largest absolute Gasteiger partial charge is 0.489 e. The fraction of sp³-hybridized carbons (Fsp3) is 0.185. The smallest absolute Gasteiger partial charge is 0.250 e. The van der Waals surface area contributed by atoms with Crippen LogP contribution in [-0.4, -0.2) is 18.2 Å². The monoisotopic (exact) mass is 411 g/mol. The van der Waals surface area contributed by atoms with Crippen LogP contribution in [0.3, 0.4) is 0 Å². The van der Waals surface area contributed by atoms with Gasteiger partial charge in [-0.3, -0.25) is 9.59 Å². The summed E-state index contributed by atoms with van der Waals surface area (Å²) < 4.78 is 5.88.